The second-order valence-corrected chi connectivity index (χ2v) is 22.5. The van der Waals surface area contributed by atoms with Crippen molar-refractivity contribution < 1.29 is 65.1 Å². The van der Waals surface area contributed by atoms with Crippen molar-refractivity contribution in [2.24, 2.45) is 0 Å². The number of carboxylic acid groups (broad SMARTS) is 2. The van der Waals surface area contributed by atoms with Crippen molar-refractivity contribution in [2.75, 3.05) is 0 Å². The quantitative estimate of drug-likeness (QED) is 0.0860. The molecule has 0 aliphatic carbocycles. The van der Waals surface area contributed by atoms with Crippen LogP contribution in [0.4, 0.5) is 26.3 Å². The lowest BCUT2D eigenvalue weighted by molar-refractivity contribution is 0.0686. The van der Waals surface area contributed by atoms with Crippen LogP contribution in [0.3, 0.4) is 0 Å². The van der Waals surface area contributed by atoms with E-state index in [1.807, 2.05) is 21.3 Å². The molecule has 2 N–H and O–H groups in total. The van der Waals surface area contributed by atoms with Gasteiger partial charge in [0.25, 0.3) is 0 Å². The normalized spacial score (nSPS) is 18.8. The van der Waals surface area contributed by atoms with Crippen LogP contribution in [0.15, 0.2) is 133 Å². The van der Waals surface area contributed by atoms with E-state index in [0.29, 0.717) is 33.7 Å². The second kappa shape index (κ2) is 24.3. The summed E-state index contributed by atoms with van der Waals surface area (Å²) in [5.74, 6) is -4.90. The summed E-state index contributed by atoms with van der Waals surface area (Å²) in [5.41, 5.74) is 3.65. The molecule has 4 fully saturated rings. The Kier molecular flexibility index (Phi) is 15.8. The van der Waals surface area contributed by atoms with Gasteiger partial charge in [-0.1, -0.05) is 24.3 Å². The fraction of sp³-hybridized carbons (Fsp3) is 0.235. The van der Waals surface area contributed by atoms with E-state index in [-0.39, 0.29) is 141 Å². The van der Waals surface area contributed by atoms with Gasteiger partial charge in [0.05, 0.1) is 104 Å². The monoisotopic (exact) mass is 1220 g/mol. The highest BCUT2D eigenvalue weighted by Gasteiger charge is 2.44. The molecule has 4 bridgehead atoms. The number of halogens is 6. The standard InChI is InChI=1S/2C34H25F3N4O4/c2*35-24-10-18(16-38)4-5-20(24)17-44-33-3-1-2-27(40-33)23-15-25(36)21(11-26(23)37)13-32-39-28-8-6-19(34(42)43)12-29(28)41(32)30-14-22-7-9-31(30)45-22/h2*1-6,8,10-12,15,22,30-31H,7,9,13-14,17H2,(H,42,43)/t2*22-,30+,31+/m00/s1. The highest BCUT2D eigenvalue weighted by atomic mass is 19.1. The summed E-state index contributed by atoms with van der Waals surface area (Å²) in [6, 6.07) is 34.5. The highest BCUT2D eigenvalue weighted by Crippen LogP contribution is 2.46. The molecule has 4 aliphatic heterocycles. The number of hydrogen-bond acceptors (Lipinski definition) is 12. The van der Waals surface area contributed by atoms with E-state index >= 15 is 17.6 Å². The Morgan fingerprint density at radius 1 is 0.500 bits per heavy atom. The fourth-order valence-corrected chi connectivity index (χ4v) is 12.5. The first-order valence-corrected chi connectivity index (χ1v) is 28.9. The average molecular weight is 1220 g/mol. The zero-order valence-corrected chi connectivity index (χ0v) is 47.4. The zero-order valence-electron chi connectivity index (χ0n) is 47.4. The van der Waals surface area contributed by atoms with Gasteiger partial charge < -0.3 is 38.3 Å². The summed E-state index contributed by atoms with van der Waals surface area (Å²) in [5, 5.41) is 37.0. The third-order valence-electron chi connectivity index (χ3n) is 16.9. The van der Waals surface area contributed by atoms with Gasteiger partial charge in [-0.15, -0.1) is 0 Å². The molecule has 8 heterocycles. The van der Waals surface area contributed by atoms with Gasteiger partial charge in [0.15, 0.2) is 0 Å². The number of hydrogen-bond donors (Lipinski definition) is 2. The summed E-state index contributed by atoms with van der Waals surface area (Å²) < 4.78 is 118. The summed E-state index contributed by atoms with van der Waals surface area (Å²) in [7, 11) is 0. The molecule has 0 unspecified atom stereocenters. The Morgan fingerprint density at radius 2 is 0.922 bits per heavy atom. The van der Waals surface area contributed by atoms with Crippen LogP contribution in [-0.4, -0.2) is 75.6 Å². The minimum absolute atomic E-state index is 0.0270. The molecular formula is C68H50F6N8O8. The first-order valence-electron chi connectivity index (χ1n) is 28.9. The van der Waals surface area contributed by atoms with Crippen LogP contribution in [-0.2, 0) is 35.5 Å². The Balaban J connectivity index is 0.000000165. The summed E-state index contributed by atoms with van der Waals surface area (Å²) in [4.78, 5) is 41.4. The first-order chi connectivity index (χ1) is 43.5. The van der Waals surface area contributed by atoms with Gasteiger partial charge in [-0.3, -0.25) is 0 Å². The first kappa shape index (κ1) is 58.6. The Morgan fingerprint density at radius 3 is 1.29 bits per heavy atom. The molecule has 4 aromatic heterocycles. The van der Waals surface area contributed by atoms with Crippen LogP contribution in [0.2, 0.25) is 0 Å². The molecule has 452 valence electrons. The molecule has 16 nitrogen and oxygen atoms in total. The van der Waals surface area contributed by atoms with Crippen molar-refractivity contribution in [3.05, 3.63) is 225 Å². The highest BCUT2D eigenvalue weighted by molar-refractivity contribution is 5.93. The lowest BCUT2D eigenvalue weighted by atomic mass is 9.94. The maximum Gasteiger partial charge on any atom is 0.335 e. The SMILES string of the molecule is N#Cc1ccc(COc2cccc(-c3cc(F)c(Cc4nc5ccc(C(=O)O)cc5n4[C@@H]4C[C@@H]5CC[C@H]4O5)cc3F)n2)c(F)c1.N#Cc1ccc(COc2cccc(-c3cc(F)c(Cc4nc5ccc(C(=O)O)cc5n4[C@@H]4C[C@@H]5CC[C@H]4O5)cc3F)n2)c(F)c1. The number of aromatic carboxylic acids is 2. The van der Waals surface area contributed by atoms with Gasteiger partial charge in [-0.05, 0) is 147 Å². The number of nitriles is 2. The fourth-order valence-electron chi connectivity index (χ4n) is 12.5. The number of benzene rings is 6. The van der Waals surface area contributed by atoms with E-state index in [0.717, 1.165) is 74.9 Å². The number of carbonyl (C=O) groups is 2. The molecule has 0 spiro atoms. The molecule has 90 heavy (non-hydrogen) atoms. The number of imidazole rings is 2. The molecule has 22 heteroatoms. The predicted octanol–water partition coefficient (Wildman–Crippen LogP) is 13.5. The van der Waals surface area contributed by atoms with Crippen LogP contribution in [0.1, 0.15) is 116 Å². The van der Waals surface area contributed by atoms with Gasteiger partial charge in [-0.2, -0.15) is 10.5 Å². The molecule has 10 aromatic rings. The van der Waals surface area contributed by atoms with Gasteiger partial charge in [-0.25, -0.2) is 55.9 Å². The molecule has 0 saturated carbocycles. The van der Waals surface area contributed by atoms with E-state index in [9.17, 15) is 28.6 Å². The minimum atomic E-state index is -1.07. The molecule has 4 aliphatic rings. The van der Waals surface area contributed by atoms with E-state index in [1.54, 1.807) is 36.4 Å². The maximum atomic E-state index is 15.6. The van der Waals surface area contributed by atoms with Crippen LogP contribution < -0.4 is 9.47 Å². The third-order valence-corrected chi connectivity index (χ3v) is 16.9. The Hall–Kier alpha value is -10.4. The van der Waals surface area contributed by atoms with Crippen molar-refractivity contribution in [3.63, 3.8) is 0 Å². The smallest absolute Gasteiger partial charge is 0.335 e. The van der Waals surface area contributed by atoms with Crippen molar-refractivity contribution >= 4 is 34.0 Å². The van der Waals surface area contributed by atoms with E-state index in [1.165, 1.54) is 60.7 Å². The van der Waals surface area contributed by atoms with Crippen molar-refractivity contribution in [1.29, 1.82) is 10.5 Å². The number of fused-ring (bicyclic) bond motifs is 6. The Labute approximate surface area is 508 Å². The minimum Gasteiger partial charge on any atom is -0.478 e. The number of nitrogens with zero attached hydrogens (tertiary/aromatic N) is 8. The van der Waals surface area contributed by atoms with Crippen molar-refractivity contribution in [1.82, 2.24) is 29.1 Å². The third kappa shape index (κ3) is 11.7. The van der Waals surface area contributed by atoms with E-state index in [2.05, 4.69) is 9.97 Å². The second-order valence-electron chi connectivity index (χ2n) is 22.5. The summed E-state index contributed by atoms with van der Waals surface area (Å²) in [6.45, 7) is -0.348. The number of aromatic nitrogens is 6. The van der Waals surface area contributed by atoms with Crippen molar-refractivity contribution in [2.45, 2.75) is 101 Å². The number of pyridine rings is 2. The maximum absolute atomic E-state index is 15.6. The van der Waals surface area contributed by atoms with Gasteiger partial charge >= 0.3 is 11.9 Å². The van der Waals surface area contributed by atoms with E-state index < -0.39 is 46.8 Å². The van der Waals surface area contributed by atoms with Crippen LogP contribution in [0.5, 0.6) is 11.8 Å². The molecule has 6 atom stereocenters. The molecule has 4 saturated heterocycles. The van der Waals surface area contributed by atoms with E-state index in [4.69, 9.17) is 39.4 Å². The number of carboxylic acids is 2. The van der Waals surface area contributed by atoms with Gasteiger partial charge in [0, 0.05) is 47.2 Å². The number of rotatable bonds is 16. The van der Waals surface area contributed by atoms with Crippen LogP contribution >= 0.6 is 0 Å². The molecule has 14 rings (SSSR count). The van der Waals surface area contributed by atoms with Gasteiger partial charge in [0.2, 0.25) is 11.8 Å². The largest absolute Gasteiger partial charge is 0.478 e. The topological polar surface area (TPSA) is 221 Å². The van der Waals surface area contributed by atoms with Gasteiger partial charge in [0.1, 0.15) is 59.8 Å². The number of ether oxygens (including phenoxy) is 4. The predicted molar refractivity (Wildman–Crippen MR) is 312 cm³/mol. The molecule has 0 amide bonds. The molecule has 0 radical (unpaired) electrons. The zero-order chi connectivity index (χ0) is 62.5. The summed E-state index contributed by atoms with van der Waals surface area (Å²) in [6.07, 6.45) is 5.15. The average Bonchev–Trinajstić information content (AvgIpc) is 1.73. The lowest BCUT2D eigenvalue weighted by Gasteiger charge is -2.23. The lowest BCUT2D eigenvalue weighted by Crippen LogP contribution is -2.23. The van der Waals surface area contributed by atoms with Crippen LogP contribution in [0, 0.1) is 57.6 Å². The van der Waals surface area contributed by atoms with Crippen molar-refractivity contribution in [3.8, 4) is 46.4 Å². The Bertz CT molecular complexity index is 4330. The van der Waals surface area contributed by atoms with Crippen LogP contribution in [0.25, 0.3) is 44.6 Å². The molecule has 6 aromatic carbocycles. The molecular weight excluding hydrogens is 1170 g/mol. The summed E-state index contributed by atoms with van der Waals surface area (Å²) >= 11 is 0.